The van der Waals surface area contributed by atoms with Crippen LogP contribution in [0, 0.1) is 0 Å². The van der Waals surface area contributed by atoms with Gasteiger partial charge in [0.05, 0.1) is 12.2 Å². The number of nitrogens with two attached hydrogens (primary N) is 1. The number of para-hydroxylation sites is 1. The van der Waals surface area contributed by atoms with E-state index in [2.05, 4.69) is 38.7 Å². The molecule has 3 nitrogen and oxygen atoms in total. The van der Waals surface area contributed by atoms with Gasteiger partial charge < -0.3 is 10.5 Å². The number of nitrogens with zero attached hydrogens (tertiary/aromatic N) is 1. The van der Waals surface area contributed by atoms with E-state index in [1.807, 2.05) is 18.2 Å². The van der Waals surface area contributed by atoms with E-state index in [-0.39, 0.29) is 5.60 Å². The lowest BCUT2D eigenvalue weighted by Crippen LogP contribution is -2.30. The number of nitrogen functional groups attached to an aromatic ring is 1. The smallest absolute Gasteiger partial charge is 0.0600 e. The third-order valence-electron chi connectivity index (χ3n) is 2.84. The molecule has 18 heavy (non-hydrogen) atoms. The predicted molar refractivity (Wildman–Crippen MR) is 77.5 cm³/mol. The van der Waals surface area contributed by atoms with Crippen LogP contribution in [-0.4, -0.2) is 30.2 Å². The van der Waals surface area contributed by atoms with Gasteiger partial charge in [0.2, 0.25) is 0 Å². The molecule has 0 fully saturated rings. The molecule has 0 spiro atoms. The summed E-state index contributed by atoms with van der Waals surface area (Å²) in [7, 11) is 0. The second-order valence-corrected chi connectivity index (χ2v) is 5.53. The SMILES string of the molecule is CCN(CCOC(C)(C)C)Cc1ccccc1N. The fourth-order valence-corrected chi connectivity index (χ4v) is 1.75. The van der Waals surface area contributed by atoms with E-state index < -0.39 is 0 Å². The lowest BCUT2D eigenvalue weighted by Gasteiger charge is -2.25. The number of likely N-dealkylation sites (N-methyl/N-ethyl adjacent to an activating group) is 1. The molecular formula is C15H26N2O. The quantitative estimate of drug-likeness (QED) is 0.789. The Labute approximate surface area is 111 Å². The van der Waals surface area contributed by atoms with Crippen molar-refractivity contribution in [2.45, 2.75) is 39.8 Å². The molecule has 0 heterocycles. The Hall–Kier alpha value is -1.06. The molecule has 2 N–H and O–H groups in total. The first-order valence-electron chi connectivity index (χ1n) is 6.62. The normalized spacial score (nSPS) is 12.1. The molecule has 102 valence electrons. The number of rotatable bonds is 6. The Bertz CT molecular complexity index is 358. The Kier molecular flexibility index (Phi) is 5.63. The topological polar surface area (TPSA) is 38.5 Å². The summed E-state index contributed by atoms with van der Waals surface area (Å²) in [5, 5.41) is 0. The van der Waals surface area contributed by atoms with Gasteiger partial charge >= 0.3 is 0 Å². The highest BCUT2D eigenvalue weighted by atomic mass is 16.5. The Morgan fingerprint density at radius 2 is 1.89 bits per heavy atom. The van der Waals surface area contributed by atoms with Gasteiger partial charge in [0.1, 0.15) is 0 Å². The minimum atomic E-state index is -0.0643. The molecule has 0 aliphatic heterocycles. The summed E-state index contributed by atoms with van der Waals surface area (Å²) >= 11 is 0. The van der Waals surface area contributed by atoms with E-state index >= 15 is 0 Å². The number of benzene rings is 1. The van der Waals surface area contributed by atoms with Gasteiger partial charge in [-0.15, -0.1) is 0 Å². The molecule has 0 aliphatic carbocycles. The molecule has 0 atom stereocenters. The first kappa shape index (κ1) is 15.0. The first-order valence-corrected chi connectivity index (χ1v) is 6.62. The van der Waals surface area contributed by atoms with Gasteiger partial charge in [-0.3, -0.25) is 4.90 Å². The standard InChI is InChI=1S/C15H26N2O/c1-5-17(10-11-18-15(2,3)4)12-13-8-6-7-9-14(13)16/h6-9H,5,10-12,16H2,1-4H3. The third kappa shape index (κ3) is 5.52. The zero-order chi connectivity index (χ0) is 13.6. The lowest BCUT2D eigenvalue weighted by atomic mass is 10.1. The molecule has 0 amide bonds. The van der Waals surface area contributed by atoms with Crippen LogP contribution in [-0.2, 0) is 11.3 Å². The number of hydrogen-bond acceptors (Lipinski definition) is 3. The van der Waals surface area contributed by atoms with Crippen LogP contribution in [0.15, 0.2) is 24.3 Å². The van der Waals surface area contributed by atoms with Crippen molar-refractivity contribution in [2.75, 3.05) is 25.4 Å². The Morgan fingerprint density at radius 1 is 1.22 bits per heavy atom. The fraction of sp³-hybridized carbons (Fsp3) is 0.600. The van der Waals surface area contributed by atoms with Crippen molar-refractivity contribution in [3.8, 4) is 0 Å². The Morgan fingerprint density at radius 3 is 2.44 bits per heavy atom. The molecule has 0 saturated heterocycles. The highest BCUT2D eigenvalue weighted by Gasteiger charge is 2.11. The molecule has 0 bridgehead atoms. The van der Waals surface area contributed by atoms with E-state index in [1.54, 1.807) is 0 Å². The maximum Gasteiger partial charge on any atom is 0.0600 e. The molecule has 1 aromatic carbocycles. The van der Waals surface area contributed by atoms with Crippen LogP contribution in [0.1, 0.15) is 33.3 Å². The summed E-state index contributed by atoms with van der Waals surface area (Å²) in [4.78, 5) is 2.34. The summed E-state index contributed by atoms with van der Waals surface area (Å²) in [5.41, 5.74) is 7.96. The molecule has 3 heteroatoms. The highest BCUT2D eigenvalue weighted by molar-refractivity contribution is 5.46. The van der Waals surface area contributed by atoms with Crippen molar-refractivity contribution >= 4 is 5.69 Å². The second-order valence-electron chi connectivity index (χ2n) is 5.53. The fourth-order valence-electron chi connectivity index (χ4n) is 1.75. The van der Waals surface area contributed by atoms with Crippen molar-refractivity contribution in [3.63, 3.8) is 0 Å². The van der Waals surface area contributed by atoms with Crippen molar-refractivity contribution in [3.05, 3.63) is 29.8 Å². The summed E-state index contributed by atoms with van der Waals surface area (Å²) in [6, 6.07) is 8.04. The monoisotopic (exact) mass is 250 g/mol. The largest absolute Gasteiger partial charge is 0.398 e. The lowest BCUT2D eigenvalue weighted by molar-refractivity contribution is -0.0133. The average Bonchev–Trinajstić information content (AvgIpc) is 2.29. The van der Waals surface area contributed by atoms with E-state index in [0.29, 0.717) is 0 Å². The number of anilines is 1. The first-order chi connectivity index (χ1) is 8.42. The van der Waals surface area contributed by atoms with Crippen LogP contribution in [0.5, 0.6) is 0 Å². The predicted octanol–water partition coefficient (Wildman–Crippen LogP) is 2.91. The van der Waals surface area contributed by atoms with E-state index in [0.717, 1.165) is 31.9 Å². The van der Waals surface area contributed by atoms with E-state index in [1.165, 1.54) is 5.56 Å². The molecule has 0 radical (unpaired) electrons. The molecule has 1 rings (SSSR count). The maximum absolute atomic E-state index is 5.96. The molecular weight excluding hydrogens is 224 g/mol. The van der Waals surface area contributed by atoms with Crippen LogP contribution in [0.25, 0.3) is 0 Å². The number of hydrogen-bond donors (Lipinski definition) is 1. The Balaban J connectivity index is 2.45. The van der Waals surface area contributed by atoms with E-state index in [4.69, 9.17) is 10.5 Å². The van der Waals surface area contributed by atoms with Crippen molar-refractivity contribution in [1.29, 1.82) is 0 Å². The van der Waals surface area contributed by atoms with Crippen LogP contribution in [0.2, 0.25) is 0 Å². The number of ether oxygens (including phenoxy) is 1. The van der Waals surface area contributed by atoms with Crippen molar-refractivity contribution in [1.82, 2.24) is 4.90 Å². The van der Waals surface area contributed by atoms with Crippen LogP contribution in [0.3, 0.4) is 0 Å². The third-order valence-corrected chi connectivity index (χ3v) is 2.84. The van der Waals surface area contributed by atoms with Crippen molar-refractivity contribution < 1.29 is 4.74 Å². The summed E-state index contributed by atoms with van der Waals surface area (Å²) in [6.45, 7) is 12.0. The van der Waals surface area contributed by atoms with Gasteiger partial charge in [0.25, 0.3) is 0 Å². The van der Waals surface area contributed by atoms with Crippen LogP contribution >= 0.6 is 0 Å². The minimum Gasteiger partial charge on any atom is -0.398 e. The zero-order valence-corrected chi connectivity index (χ0v) is 12.1. The minimum absolute atomic E-state index is 0.0643. The highest BCUT2D eigenvalue weighted by Crippen LogP contribution is 2.13. The van der Waals surface area contributed by atoms with Crippen LogP contribution in [0.4, 0.5) is 5.69 Å². The zero-order valence-electron chi connectivity index (χ0n) is 12.1. The maximum atomic E-state index is 5.96. The summed E-state index contributed by atoms with van der Waals surface area (Å²) in [6.07, 6.45) is 0. The van der Waals surface area contributed by atoms with Gasteiger partial charge in [-0.25, -0.2) is 0 Å². The molecule has 0 aliphatic rings. The molecule has 0 unspecified atom stereocenters. The summed E-state index contributed by atoms with van der Waals surface area (Å²) in [5.74, 6) is 0. The van der Waals surface area contributed by atoms with Crippen LogP contribution < -0.4 is 5.73 Å². The average molecular weight is 250 g/mol. The van der Waals surface area contributed by atoms with Crippen molar-refractivity contribution in [2.24, 2.45) is 0 Å². The molecule has 0 saturated carbocycles. The van der Waals surface area contributed by atoms with Gasteiger partial charge in [-0.1, -0.05) is 25.1 Å². The molecule has 1 aromatic rings. The van der Waals surface area contributed by atoms with E-state index in [9.17, 15) is 0 Å². The van der Waals surface area contributed by atoms with Gasteiger partial charge in [0.15, 0.2) is 0 Å². The van der Waals surface area contributed by atoms with Gasteiger partial charge in [-0.05, 0) is 38.9 Å². The second kappa shape index (κ2) is 6.76. The van der Waals surface area contributed by atoms with Gasteiger partial charge in [-0.2, -0.15) is 0 Å². The molecule has 0 aromatic heterocycles. The summed E-state index contributed by atoms with van der Waals surface area (Å²) < 4.78 is 5.76. The van der Waals surface area contributed by atoms with Gasteiger partial charge in [0, 0.05) is 18.8 Å².